The number of carbonyl (C=O) groups is 2. The third-order valence-corrected chi connectivity index (χ3v) is 6.28. The van der Waals surface area contributed by atoms with Crippen molar-refractivity contribution >= 4 is 17.4 Å². The molecule has 0 spiro atoms. The van der Waals surface area contributed by atoms with Crippen LogP contribution in [0.3, 0.4) is 0 Å². The first kappa shape index (κ1) is 25.6. The van der Waals surface area contributed by atoms with E-state index in [1.165, 1.54) is 4.90 Å². The molecule has 0 aromatic heterocycles. The van der Waals surface area contributed by atoms with E-state index in [1.54, 1.807) is 18.2 Å². The number of amides is 1. The number of likely N-dealkylation sites (N-methyl/N-ethyl adjacent to an activating group) is 1. The first-order chi connectivity index (χ1) is 17.3. The molecule has 192 valence electrons. The van der Waals surface area contributed by atoms with E-state index in [4.69, 9.17) is 14.2 Å². The Morgan fingerprint density at radius 3 is 2.58 bits per heavy atom. The van der Waals surface area contributed by atoms with Crippen LogP contribution in [0.4, 0.5) is 0 Å². The molecule has 0 aliphatic carbocycles. The van der Waals surface area contributed by atoms with Crippen molar-refractivity contribution in [2.24, 2.45) is 5.92 Å². The van der Waals surface area contributed by atoms with E-state index >= 15 is 0 Å². The lowest BCUT2D eigenvalue weighted by Gasteiger charge is -2.27. The van der Waals surface area contributed by atoms with Crippen LogP contribution in [0.1, 0.15) is 37.4 Å². The van der Waals surface area contributed by atoms with Crippen molar-refractivity contribution in [3.8, 4) is 17.2 Å². The zero-order chi connectivity index (χ0) is 25.8. The molecule has 36 heavy (non-hydrogen) atoms. The van der Waals surface area contributed by atoms with Gasteiger partial charge in [-0.1, -0.05) is 26.0 Å². The van der Waals surface area contributed by atoms with Crippen LogP contribution in [0.2, 0.25) is 0 Å². The number of benzene rings is 2. The summed E-state index contributed by atoms with van der Waals surface area (Å²) in [5.74, 6) is 0.650. The molecular weight excluding hydrogens is 460 g/mol. The number of hydrogen-bond donors (Lipinski definition) is 1. The maximum Gasteiger partial charge on any atom is 0.295 e. The Morgan fingerprint density at radius 2 is 1.86 bits per heavy atom. The van der Waals surface area contributed by atoms with E-state index < -0.39 is 17.7 Å². The largest absolute Gasteiger partial charge is 0.507 e. The molecule has 1 amide bonds. The van der Waals surface area contributed by atoms with E-state index in [2.05, 4.69) is 13.8 Å². The minimum atomic E-state index is -0.744. The zero-order valence-corrected chi connectivity index (χ0v) is 21.3. The maximum atomic E-state index is 13.3. The van der Waals surface area contributed by atoms with Gasteiger partial charge in [-0.25, -0.2) is 0 Å². The number of ketones is 1. The first-order valence-corrected chi connectivity index (χ1v) is 12.3. The Labute approximate surface area is 212 Å². The minimum Gasteiger partial charge on any atom is -0.507 e. The van der Waals surface area contributed by atoms with E-state index in [9.17, 15) is 14.7 Å². The summed E-state index contributed by atoms with van der Waals surface area (Å²) in [6.45, 7) is 6.59. The summed E-state index contributed by atoms with van der Waals surface area (Å²) in [6, 6.07) is 11.7. The number of aliphatic hydroxyl groups is 1. The van der Waals surface area contributed by atoms with Crippen LogP contribution in [-0.4, -0.2) is 73.6 Å². The topological polar surface area (TPSA) is 88.5 Å². The van der Waals surface area contributed by atoms with Gasteiger partial charge in [0.15, 0.2) is 11.5 Å². The summed E-state index contributed by atoms with van der Waals surface area (Å²) in [6.07, 6.45) is 0.912. The second-order valence-corrected chi connectivity index (χ2v) is 9.76. The van der Waals surface area contributed by atoms with Crippen molar-refractivity contribution in [1.82, 2.24) is 9.80 Å². The Balaban J connectivity index is 1.75. The standard InChI is InChI=1S/C28H34N2O6/c1-18(2)10-13-34-21-7-5-6-19(16-21)25-24(27(32)28(33)30(25)12-11-29(3)4)26(31)20-8-9-22-23(17-20)36-15-14-35-22/h5-9,16-18,25,31H,10-15H2,1-4H3/b26-24+. The summed E-state index contributed by atoms with van der Waals surface area (Å²) in [5.41, 5.74) is 1.14. The highest BCUT2D eigenvalue weighted by molar-refractivity contribution is 6.46. The second kappa shape index (κ2) is 11.0. The Kier molecular flexibility index (Phi) is 7.84. The fourth-order valence-electron chi connectivity index (χ4n) is 4.30. The van der Waals surface area contributed by atoms with Crippen LogP contribution in [0.25, 0.3) is 5.76 Å². The smallest absolute Gasteiger partial charge is 0.295 e. The summed E-state index contributed by atoms with van der Waals surface area (Å²) in [7, 11) is 3.81. The normalized spacial score (nSPS) is 18.8. The fraction of sp³-hybridized carbons (Fsp3) is 0.429. The number of aliphatic hydroxyl groups excluding tert-OH is 1. The molecule has 0 radical (unpaired) electrons. The second-order valence-electron chi connectivity index (χ2n) is 9.76. The molecule has 1 fully saturated rings. The van der Waals surface area contributed by atoms with Gasteiger partial charge in [0.25, 0.3) is 11.7 Å². The number of fused-ring (bicyclic) bond motifs is 1. The van der Waals surface area contributed by atoms with Crippen molar-refractivity contribution < 1.29 is 28.9 Å². The van der Waals surface area contributed by atoms with Gasteiger partial charge in [0.1, 0.15) is 24.7 Å². The lowest BCUT2D eigenvalue weighted by molar-refractivity contribution is -0.140. The monoisotopic (exact) mass is 494 g/mol. The van der Waals surface area contributed by atoms with E-state index in [0.717, 1.165) is 6.42 Å². The van der Waals surface area contributed by atoms with Crippen molar-refractivity contribution in [1.29, 1.82) is 0 Å². The van der Waals surface area contributed by atoms with Gasteiger partial charge < -0.3 is 29.1 Å². The van der Waals surface area contributed by atoms with Crippen molar-refractivity contribution in [3.63, 3.8) is 0 Å². The molecule has 8 nitrogen and oxygen atoms in total. The van der Waals surface area contributed by atoms with E-state index in [-0.39, 0.29) is 11.3 Å². The van der Waals surface area contributed by atoms with Gasteiger partial charge in [0.05, 0.1) is 18.2 Å². The van der Waals surface area contributed by atoms with Gasteiger partial charge >= 0.3 is 0 Å². The SMILES string of the molecule is CC(C)CCOc1cccc(C2/C(=C(\O)c3ccc4c(c3)OCCO4)C(=O)C(=O)N2CCN(C)C)c1. The lowest BCUT2D eigenvalue weighted by atomic mass is 9.95. The summed E-state index contributed by atoms with van der Waals surface area (Å²) in [4.78, 5) is 29.9. The van der Waals surface area contributed by atoms with Crippen LogP contribution in [0.15, 0.2) is 48.0 Å². The molecule has 2 heterocycles. The molecule has 1 N–H and O–H groups in total. The van der Waals surface area contributed by atoms with Gasteiger partial charge in [0.2, 0.25) is 0 Å². The van der Waals surface area contributed by atoms with Gasteiger partial charge in [-0.15, -0.1) is 0 Å². The van der Waals surface area contributed by atoms with Gasteiger partial charge in [0, 0.05) is 18.7 Å². The van der Waals surface area contributed by atoms with E-state index in [0.29, 0.717) is 67.2 Å². The highest BCUT2D eigenvalue weighted by atomic mass is 16.6. The Morgan fingerprint density at radius 1 is 1.11 bits per heavy atom. The fourth-order valence-corrected chi connectivity index (χ4v) is 4.30. The predicted molar refractivity (Wildman–Crippen MR) is 136 cm³/mol. The number of hydrogen-bond acceptors (Lipinski definition) is 7. The number of rotatable bonds is 9. The molecule has 1 atom stereocenters. The highest BCUT2D eigenvalue weighted by Crippen LogP contribution is 2.41. The molecule has 1 saturated heterocycles. The van der Waals surface area contributed by atoms with Gasteiger partial charge in [-0.05, 0) is 62.3 Å². The predicted octanol–water partition coefficient (Wildman–Crippen LogP) is 3.87. The average Bonchev–Trinajstić information content (AvgIpc) is 3.11. The molecule has 8 heteroatoms. The van der Waals surface area contributed by atoms with Gasteiger partial charge in [-0.3, -0.25) is 9.59 Å². The number of likely N-dealkylation sites (tertiary alicyclic amines) is 1. The van der Waals surface area contributed by atoms with Crippen LogP contribution in [-0.2, 0) is 9.59 Å². The highest BCUT2D eigenvalue weighted by Gasteiger charge is 2.46. The van der Waals surface area contributed by atoms with Crippen molar-refractivity contribution in [3.05, 3.63) is 59.2 Å². The number of nitrogens with zero attached hydrogens (tertiary/aromatic N) is 2. The van der Waals surface area contributed by atoms with Crippen molar-refractivity contribution in [2.75, 3.05) is 47.0 Å². The van der Waals surface area contributed by atoms with Crippen LogP contribution in [0, 0.1) is 5.92 Å². The van der Waals surface area contributed by atoms with Crippen LogP contribution >= 0.6 is 0 Å². The molecule has 4 rings (SSSR count). The first-order valence-electron chi connectivity index (χ1n) is 12.3. The molecule has 2 aliphatic rings. The summed E-state index contributed by atoms with van der Waals surface area (Å²) in [5, 5.41) is 11.4. The molecule has 2 aromatic carbocycles. The molecule has 2 aliphatic heterocycles. The third kappa shape index (κ3) is 5.49. The Bertz CT molecular complexity index is 1160. The maximum absolute atomic E-state index is 13.3. The average molecular weight is 495 g/mol. The Hall–Kier alpha value is -3.52. The lowest BCUT2D eigenvalue weighted by Crippen LogP contribution is -2.35. The van der Waals surface area contributed by atoms with Crippen LogP contribution < -0.4 is 14.2 Å². The van der Waals surface area contributed by atoms with E-state index in [1.807, 2.05) is 43.3 Å². The van der Waals surface area contributed by atoms with Gasteiger partial charge in [-0.2, -0.15) is 0 Å². The third-order valence-electron chi connectivity index (χ3n) is 6.28. The van der Waals surface area contributed by atoms with Crippen molar-refractivity contribution in [2.45, 2.75) is 26.3 Å². The zero-order valence-electron chi connectivity index (χ0n) is 21.3. The quantitative estimate of drug-likeness (QED) is 0.322. The molecular formula is C28H34N2O6. The molecule has 2 aromatic rings. The molecule has 0 bridgehead atoms. The molecule has 1 unspecified atom stereocenters. The minimum absolute atomic E-state index is 0.0507. The summed E-state index contributed by atoms with van der Waals surface area (Å²) >= 11 is 0. The van der Waals surface area contributed by atoms with Crippen LogP contribution in [0.5, 0.6) is 17.2 Å². The number of ether oxygens (including phenoxy) is 3. The molecule has 0 saturated carbocycles. The summed E-state index contributed by atoms with van der Waals surface area (Å²) < 4.78 is 17.2. The number of Topliss-reactive ketones (excluding diaryl/α,β-unsaturated/α-hetero) is 1. The number of carbonyl (C=O) groups excluding carboxylic acids is 2.